The third kappa shape index (κ3) is 3.95. The Labute approximate surface area is 136 Å². The van der Waals surface area contributed by atoms with Crippen molar-refractivity contribution in [2.75, 3.05) is 7.11 Å². The number of nitrogens with two attached hydrogens (primary N) is 1. The average Bonchev–Trinajstić information content (AvgIpc) is 2.45. The molecule has 0 aliphatic rings. The van der Waals surface area contributed by atoms with Gasteiger partial charge in [-0.3, -0.25) is 11.3 Å². The second-order valence-electron chi connectivity index (χ2n) is 4.55. The van der Waals surface area contributed by atoms with Gasteiger partial charge in [0, 0.05) is 9.50 Å². The van der Waals surface area contributed by atoms with E-state index in [1.54, 1.807) is 13.2 Å². The molecule has 0 amide bonds. The lowest BCUT2D eigenvalue weighted by Crippen LogP contribution is -2.30. The van der Waals surface area contributed by atoms with E-state index in [2.05, 4.69) is 21.4 Å². The summed E-state index contributed by atoms with van der Waals surface area (Å²) in [5, 5.41) is 0.340. The number of rotatable bonds is 5. The van der Waals surface area contributed by atoms with Crippen molar-refractivity contribution in [2.24, 2.45) is 5.84 Å². The first-order chi connectivity index (χ1) is 10.0. The van der Waals surface area contributed by atoms with Gasteiger partial charge in [0.25, 0.3) is 0 Å². The molecule has 21 heavy (non-hydrogen) atoms. The second-order valence-corrected chi connectivity index (χ2v) is 5.87. The highest BCUT2D eigenvalue weighted by Gasteiger charge is 2.17. The van der Waals surface area contributed by atoms with Gasteiger partial charge in [-0.1, -0.05) is 33.6 Å². The fraction of sp³-hybridized carbons (Fsp3) is 0.200. The molecule has 0 aromatic heterocycles. The fourth-order valence-corrected chi connectivity index (χ4v) is 2.88. The lowest BCUT2D eigenvalue weighted by Gasteiger charge is -2.19. The SMILES string of the molecule is COc1ccc(Br)cc1CC(NN)c1ccc(F)cc1Cl. The van der Waals surface area contributed by atoms with E-state index >= 15 is 0 Å². The molecular weight excluding hydrogens is 359 g/mol. The van der Waals surface area contributed by atoms with Gasteiger partial charge in [-0.25, -0.2) is 4.39 Å². The lowest BCUT2D eigenvalue weighted by atomic mass is 9.98. The highest BCUT2D eigenvalue weighted by atomic mass is 79.9. The Bertz CT molecular complexity index is 639. The standard InChI is InChI=1S/C15H15BrClFN2O/c1-21-15-5-2-10(16)6-9(15)7-14(20-19)12-4-3-11(18)8-13(12)17/h2-6,8,14,20H,7,19H2,1H3. The van der Waals surface area contributed by atoms with Gasteiger partial charge in [0.05, 0.1) is 13.2 Å². The van der Waals surface area contributed by atoms with E-state index in [0.717, 1.165) is 21.3 Å². The fourth-order valence-electron chi connectivity index (χ4n) is 2.17. The van der Waals surface area contributed by atoms with Gasteiger partial charge in [-0.15, -0.1) is 0 Å². The molecule has 0 saturated carbocycles. The smallest absolute Gasteiger partial charge is 0.124 e. The first-order valence-electron chi connectivity index (χ1n) is 6.28. The molecule has 0 aliphatic heterocycles. The van der Waals surface area contributed by atoms with Crippen molar-refractivity contribution in [2.45, 2.75) is 12.5 Å². The molecule has 0 heterocycles. The maximum Gasteiger partial charge on any atom is 0.124 e. The Balaban J connectivity index is 2.33. The molecule has 3 N–H and O–H groups in total. The Hall–Kier alpha value is -1.14. The first kappa shape index (κ1) is 16.2. The summed E-state index contributed by atoms with van der Waals surface area (Å²) < 4.78 is 19.4. The summed E-state index contributed by atoms with van der Waals surface area (Å²) in [6.45, 7) is 0. The minimum Gasteiger partial charge on any atom is -0.496 e. The highest BCUT2D eigenvalue weighted by Crippen LogP contribution is 2.30. The van der Waals surface area contributed by atoms with E-state index in [1.807, 2.05) is 18.2 Å². The Kier molecular flexibility index (Phi) is 5.58. The monoisotopic (exact) mass is 372 g/mol. The Morgan fingerprint density at radius 1 is 1.33 bits per heavy atom. The molecule has 3 nitrogen and oxygen atoms in total. The number of benzene rings is 2. The van der Waals surface area contributed by atoms with Crippen molar-refractivity contribution in [3.8, 4) is 5.75 Å². The third-order valence-corrected chi connectivity index (χ3v) is 4.03. The van der Waals surface area contributed by atoms with Crippen molar-refractivity contribution >= 4 is 27.5 Å². The topological polar surface area (TPSA) is 47.3 Å². The minimum atomic E-state index is -0.375. The van der Waals surface area contributed by atoms with Crippen molar-refractivity contribution in [1.82, 2.24) is 5.43 Å². The van der Waals surface area contributed by atoms with Gasteiger partial charge in [0.1, 0.15) is 11.6 Å². The van der Waals surface area contributed by atoms with E-state index in [0.29, 0.717) is 11.4 Å². The van der Waals surface area contributed by atoms with Crippen molar-refractivity contribution in [3.05, 3.63) is 62.8 Å². The maximum atomic E-state index is 13.2. The Morgan fingerprint density at radius 2 is 2.10 bits per heavy atom. The van der Waals surface area contributed by atoms with Gasteiger partial charge < -0.3 is 4.74 Å². The van der Waals surface area contributed by atoms with E-state index in [-0.39, 0.29) is 11.9 Å². The van der Waals surface area contributed by atoms with E-state index < -0.39 is 0 Å². The molecule has 1 atom stereocenters. The van der Waals surface area contributed by atoms with E-state index in [1.165, 1.54) is 12.1 Å². The molecule has 0 fully saturated rings. The normalized spacial score (nSPS) is 12.2. The van der Waals surface area contributed by atoms with Crippen LogP contribution in [0.15, 0.2) is 40.9 Å². The number of hydrazine groups is 1. The summed E-state index contributed by atoms with van der Waals surface area (Å²) in [6.07, 6.45) is 0.560. The largest absolute Gasteiger partial charge is 0.496 e. The molecule has 0 aliphatic carbocycles. The summed E-state index contributed by atoms with van der Waals surface area (Å²) in [5.41, 5.74) is 4.43. The molecule has 2 aromatic rings. The molecule has 0 saturated heterocycles. The molecule has 1 unspecified atom stereocenters. The summed E-state index contributed by atoms with van der Waals surface area (Å²) in [6, 6.07) is 9.76. The highest BCUT2D eigenvalue weighted by molar-refractivity contribution is 9.10. The summed E-state index contributed by atoms with van der Waals surface area (Å²) in [7, 11) is 1.61. The van der Waals surface area contributed by atoms with Crippen LogP contribution in [0.4, 0.5) is 4.39 Å². The van der Waals surface area contributed by atoms with Gasteiger partial charge in [0.15, 0.2) is 0 Å². The molecule has 6 heteroatoms. The van der Waals surface area contributed by atoms with E-state index in [4.69, 9.17) is 22.2 Å². The van der Waals surface area contributed by atoms with Crippen molar-refractivity contribution in [1.29, 1.82) is 0 Å². The second kappa shape index (κ2) is 7.22. The number of hydrogen-bond donors (Lipinski definition) is 2. The number of hydrogen-bond acceptors (Lipinski definition) is 3. The average molecular weight is 374 g/mol. The molecule has 0 spiro atoms. The van der Waals surface area contributed by atoms with Crippen LogP contribution in [0.5, 0.6) is 5.75 Å². The van der Waals surface area contributed by atoms with Crippen LogP contribution in [0, 0.1) is 5.82 Å². The van der Waals surface area contributed by atoms with Crippen LogP contribution in [-0.2, 0) is 6.42 Å². The number of nitrogens with one attached hydrogen (secondary N) is 1. The number of ether oxygens (including phenoxy) is 1. The molecule has 0 bridgehead atoms. The van der Waals surface area contributed by atoms with Crippen LogP contribution in [0.3, 0.4) is 0 Å². The lowest BCUT2D eigenvalue weighted by molar-refractivity contribution is 0.405. The quantitative estimate of drug-likeness (QED) is 0.615. The van der Waals surface area contributed by atoms with Crippen LogP contribution >= 0.6 is 27.5 Å². The molecule has 2 aromatic carbocycles. The summed E-state index contributed by atoms with van der Waals surface area (Å²) in [5.74, 6) is 6.02. The van der Waals surface area contributed by atoms with Crippen molar-refractivity contribution in [3.63, 3.8) is 0 Å². The van der Waals surface area contributed by atoms with Crippen molar-refractivity contribution < 1.29 is 9.13 Å². The minimum absolute atomic E-state index is 0.249. The predicted octanol–water partition coefficient (Wildman–Crippen LogP) is 4.00. The zero-order valence-electron chi connectivity index (χ0n) is 11.4. The molecule has 2 rings (SSSR count). The van der Waals surface area contributed by atoms with Crippen LogP contribution < -0.4 is 16.0 Å². The predicted molar refractivity (Wildman–Crippen MR) is 85.9 cm³/mol. The first-order valence-corrected chi connectivity index (χ1v) is 7.45. The van der Waals surface area contributed by atoms with Crippen LogP contribution in [-0.4, -0.2) is 7.11 Å². The Morgan fingerprint density at radius 3 is 2.71 bits per heavy atom. The maximum absolute atomic E-state index is 13.2. The van der Waals surface area contributed by atoms with Crippen LogP contribution in [0.2, 0.25) is 5.02 Å². The summed E-state index contributed by atoms with van der Waals surface area (Å²) in [4.78, 5) is 0. The van der Waals surface area contributed by atoms with Gasteiger partial charge in [-0.05, 0) is 47.9 Å². The third-order valence-electron chi connectivity index (χ3n) is 3.21. The molecular formula is C15H15BrClFN2O. The van der Waals surface area contributed by atoms with Crippen LogP contribution in [0.25, 0.3) is 0 Å². The number of methoxy groups -OCH3 is 1. The van der Waals surface area contributed by atoms with Crippen LogP contribution in [0.1, 0.15) is 17.2 Å². The van der Waals surface area contributed by atoms with Gasteiger partial charge >= 0.3 is 0 Å². The molecule has 112 valence electrons. The van der Waals surface area contributed by atoms with Gasteiger partial charge in [0.2, 0.25) is 0 Å². The van der Waals surface area contributed by atoms with Gasteiger partial charge in [-0.2, -0.15) is 0 Å². The van der Waals surface area contributed by atoms with E-state index in [9.17, 15) is 4.39 Å². The molecule has 0 radical (unpaired) electrons. The number of halogens is 3. The summed E-state index contributed by atoms with van der Waals surface area (Å²) >= 11 is 9.53. The zero-order chi connectivity index (χ0) is 15.4. The zero-order valence-corrected chi connectivity index (χ0v) is 13.7.